The minimum Gasteiger partial charge on any atom is -0.358 e. The zero-order valence-corrected chi connectivity index (χ0v) is 20.0. The fraction of sp³-hybridized carbons (Fsp3) is 0.273. The number of amides is 1. The molecule has 178 valence electrons. The van der Waals surface area contributed by atoms with Crippen LogP contribution in [0.1, 0.15) is 55.8 Å². The fourth-order valence-corrected chi connectivity index (χ4v) is 3.59. The zero-order chi connectivity index (χ0) is 24.7. The third kappa shape index (κ3) is 4.35. The van der Waals surface area contributed by atoms with Crippen LogP contribution in [0, 0.1) is 0 Å². The molecule has 0 fully saturated rings. The van der Waals surface area contributed by atoms with E-state index in [0.717, 1.165) is 0 Å². The lowest BCUT2D eigenvalue weighted by molar-refractivity contribution is 0.0928. The van der Waals surface area contributed by atoms with Crippen LogP contribution in [0.15, 0.2) is 35.5 Å². The van der Waals surface area contributed by atoms with E-state index in [9.17, 15) is 4.79 Å². The molecule has 0 spiro atoms. The maximum absolute atomic E-state index is 12.9. The standard InChI is InChI=1S/C22H21ClN10O2/c1-10(29-20(34)16-14(23)15(27-9-28-16)19-24-5-6-25-19)13-7-11(33-35-13)17-30-12-8-26-21(22(2,3)4)32-18(12)31-17/h5-10H,1-4H3,(H,24,25)(H,29,34)(H,26,30,31,32). The number of aromatic nitrogens is 9. The van der Waals surface area contributed by atoms with Crippen LogP contribution in [0.2, 0.25) is 5.02 Å². The number of rotatable bonds is 5. The van der Waals surface area contributed by atoms with E-state index in [1.54, 1.807) is 31.6 Å². The van der Waals surface area contributed by atoms with E-state index < -0.39 is 11.9 Å². The molecular formula is C22H21ClN10O2. The first-order chi connectivity index (χ1) is 16.7. The summed E-state index contributed by atoms with van der Waals surface area (Å²) in [5.74, 6) is 1.54. The van der Waals surface area contributed by atoms with E-state index >= 15 is 0 Å². The van der Waals surface area contributed by atoms with Crippen molar-refractivity contribution < 1.29 is 9.32 Å². The highest BCUT2D eigenvalue weighted by Gasteiger charge is 2.23. The number of H-pyrrole nitrogens is 2. The average Bonchev–Trinajstić information content (AvgIpc) is 3.58. The van der Waals surface area contributed by atoms with E-state index in [1.165, 1.54) is 6.33 Å². The molecule has 12 nitrogen and oxygen atoms in total. The van der Waals surface area contributed by atoms with Crippen molar-refractivity contribution in [3.63, 3.8) is 0 Å². The topological polar surface area (TPSA) is 164 Å². The maximum atomic E-state index is 12.9. The van der Waals surface area contributed by atoms with Gasteiger partial charge in [-0.2, -0.15) is 0 Å². The lowest BCUT2D eigenvalue weighted by Crippen LogP contribution is -2.27. The second kappa shape index (κ2) is 8.55. The quantitative estimate of drug-likeness (QED) is 0.332. The van der Waals surface area contributed by atoms with Gasteiger partial charge in [-0.3, -0.25) is 4.79 Å². The molecular weight excluding hydrogens is 472 g/mol. The molecule has 5 aromatic heterocycles. The summed E-state index contributed by atoms with van der Waals surface area (Å²) < 4.78 is 5.46. The van der Waals surface area contributed by atoms with Gasteiger partial charge in [-0.15, -0.1) is 0 Å². The number of fused-ring (bicyclic) bond motifs is 1. The van der Waals surface area contributed by atoms with Gasteiger partial charge in [0, 0.05) is 23.9 Å². The van der Waals surface area contributed by atoms with Crippen LogP contribution in [0.4, 0.5) is 0 Å². The minimum atomic E-state index is -0.529. The van der Waals surface area contributed by atoms with Crippen molar-refractivity contribution in [1.82, 2.24) is 50.3 Å². The van der Waals surface area contributed by atoms with Gasteiger partial charge in [0.05, 0.1) is 12.2 Å². The van der Waals surface area contributed by atoms with Crippen molar-refractivity contribution in [1.29, 1.82) is 0 Å². The summed E-state index contributed by atoms with van der Waals surface area (Å²) in [6, 6.07) is 1.16. The summed E-state index contributed by atoms with van der Waals surface area (Å²) in [6.45, 7) is 7.86. The van der Waals surface area contributed by atoms with Gasteiger partial charge in [-0.05, 0) is 6.92 Å². The smallest absolute Gasteiger partial charge is 0.272 e. The molecule has 0 saturated heterocycles. The fourth-order valence-electron chi connectivity index (χ4n) is 3.32. The number of halogens is 1. The molecule has 13 heteroatoms. The molecule has 1 amide bonds. The monoisotopic (exact) mass is 492 g/mol. The van der Waals surface area contributed by atoms with Gasteiger partial charge in [-0.1, -0.05) is 37.5 Å². The molecule has 5 heterocycles. The number of carbonyl (C=O) groups is 1. The summed E-state index contributed by atoms with van der Waals surface area (Å²) in [7, 11) is 0. The van der Waals surface area contributed by atoms with E-state index in [1.807, 2.05) is 20.8 Å². The molecule has 0 aliphatic carbocycles. The number of hydrogen-bond acceptors (Lipinski definition) is 9. The molecule has 5 aromatic rings. The molecule has 3 N–H and O–H groups in total. The molecule has 0 bridgehead atoms. The molecule has 1 unspecified atom stereocenters. The number of hydrogen-bond donors (Lipinski definition) is 3. The first-order valence-corrected chi connectivity index (χ1v) is 11.1. The average molecular weight is 493 g/mol. The highest BCUT2D eigenvalue weighted by Crippen LogP contribution is 2.27. The highest BCUT2D eigenvalue weighted by molar-refractivity contribution is 6.35. The van der Waals surface area contributed by atoms with E-state index in [0.29, 0.717) is 45.8 Å². The predicted octanol–water partition coefficient (Wildman–Crippen LogP) is 3.63. The molecule has 0 aromatic carbocycles. The van der Waals surface area contributed by atoms with Crippen LogP contribution >= 0.6 is 11.6 Å². The van der Waals surface area contributed by atoms with Crippen LogP contribution in [0.5, 0.6) is 0 Å². The largest absolute Gasteiger partial charge is 0.358 e. The summed E-state index contributed by atoms with van der Waals surface area (Å²) >= 11 is 6.38. The SMILES string of the molecule is CC(NC(=O)c1ncnc(-c2ncc[nH]2)c1Cl)c1cc(-c2nc3nc(C(C)(C)C)ncc3[nH]2)no1. The Balaban J connectivity index is 1.35. The van der Waals surface area contributed by atoms with E-state index in [2.05, 4.69) is 50.3 Å². The third-order valence-corrected chi connectivity index (χ3v) is 5.54. The van der Waals surface area contributed by atoms with Gasteiger partial charge in [0.1, 0.15) is 34.1 Å². The predicted molar refractivity (Wildman–Crippen MR) is 126 cm³/mol. The Morgan fingerprint density at radius 1 is 1.14 bits per heavy atom. The normalized spacial score (nSPS) is 12.7. The van der Waals surface area contributed by atoms with Gasteiger partial charge in [-0.25, -0.2) is 29.9 Å². The minimum absolute atomic E-state index is 0.0187. The summed E-state index contributed by atoms with van der Waals surface area (Å²) in [6.07, 6.45) is 6.15. The molecule has 5 rings (SSSR count). The van der Waals surface area contributed by atoms with Crippen LogP contribution in [-0.4, -0.2) is 50.9 Å². The number of nitrogens with one attached hydrogen (secondary N) is 3. The van der Waals surface area contributed by atoms with Crippen molar-refractivity contribution in [3.8, 4) is 23.0 Å². The van der Waals surface area contributed by atoms with Crippen molar-refractivity contribution in [2.45, 2.75) is 39.2 Å². The highest BCUT2D eigenvalue weighted by atomic mass is 35.5. The van der Waals surface area contributed by atoms with Crippen LogP contribution in [-0.2, 0) is 5.41 Å². The Bertz CT molecular complexity index is 1520. The number of aromatic amines is 2. The van der Waals surface area contributed by atoms with Crippen molar-refractivity contribution >= 4 is 28.7 Å². The Hall–Kier alpha value is -4.19. The van der Waals surface area contributed by atoms with Crippen LogP contribution < -0.4 is 5.32 Å². The molecule has 35 heavy (non-hydrogen) atoms. The van der Waals surface area contributed by atoms with Gasteiger partial charge in [0.2, 0.25) is 0 Å². The van der Waals surface area contributed by atoms with Gasteiger partial charge < -0.3 is 19.8 Å². The van der Waals surface area contributed by atoms with Gasteiger partial charge in [0.15, 0.2) is 28.8 Å². The molecule has 0 radical (unpaired) electrons. The number of carbonyl (C=O) groups excluding carboxylic acids is 1. The Labute approximate surface area is 204 Å². The Kier molecular flexibility index (Phi) is 5.52. The summed E-state index contributed by atoms with van der Waals surface area (Å²) in [5.41, 5.74) is 1.84. The Morgan fingerprint density at radius 2 is 1.97 bits per heavy atom. The Morgan fingerprint density at radius 3 is 2.71 bits per heavy atom. The number of nitrogens with zero attached hydrogens (tertiary/aromatic N) is 7. The van der Waals surface area contributed by atoms with Crippen LogP contribution in [0.25, 0.3) is 34.2 Å². The van der Waals surface area contributed by atoms with Crippen molar-refractivity contribution in [2.75, 3.05) is 0 Å². The third-order valence-electron chi connectivity index (χ3n) is 5.18. The lowest BCUT2D eigenvalue weighted by atomic mass is 9.96. The first-order valence-electron chi connectivity index (χ1n) is 10.7. The molecule has 0 aliphatic rings. The molecule has 1 atom stereocenters. The van der Waals surface area contributed by atoms with E-state index in [-0.39, 0.29) is 16.1 Å². The van der Waals surface area contributed by atoms with Crippen molar-refractivity contribution in [3.05, 3.63) is 53.3 Å². The number of imidazole rings is 2. The maximum Gasteiger partial charge on any atom is 0.272 e. The summed E-state index contributed by atoms with van der Waals surface area (Å²) in [4.78, 5) is 44.6. The summed E-state index contributed by atoms with van der Waals surface area (Å²) in [5, 5.41) is 6.98. The van der Waals surface area contributed by atoms with Gasteiger partial charge in [0.25, 0.3) is 5.91 Å². The lowest BCUT2D eigenvalue weighted by Gasteiger charge is -2.15. The molecule has 0 saturated carbocycles. The molecule has 0 aliphatic heterocycles. The zero-order valence-electron chi connectivity index (χ0n) is 19.3. The van der Waals surface area contributed by atoms with Gasteiger partial charge >= 0.3 is 0 Å². The van der Waals surface area contributed by atoms with Crippen LogP contribution in [0.3, 0.4) is 0 Å². The second-order valence-electron chi connectivity index (χ2n) is 8.90. The van der Waals surface area contributed by atoms with Crippen molar-refractivity contribution in [2.24, 2.45) is 0 Å². The second-order valence-corrected chi connectivity index (χ2v) is 9.28. The first kappa shape index (κ1) is 22.6. The van der Waals surface area contributed by atoms with E-state index in [4.69, 9.17) is 16.1 Å².